The van der Waals surface area contributed by atoms with Gasteiger partial charge in [-0.1, -0.05) is 0 Å². The first-order valence-electron chi connectivity index (χ1n) is 2.77. The molecule has 0 unspecified atom stereocenters. The van der Waals surface area contributed by atoms with Crippen LogP contribution in [0.25, 0.3) is 0 Å². The molecule has 2 aliphatic rings. The molecule has 2 fully saturated rings. The van der Waals surface area contributed by atoms with Gasteiger partial charge in [0.25, 0.3) is 0 Å². The Balaban J connectivity index is 2.06. The van der Waals surface area contributed by atoms with Crippen molar-refractivity contribution in [3.05, 3.63) is 0 Å². The van der Waals surface area contributed by atoms with E-state index < -0.39 is 0 Å². The van der Waals surface area contributed by atoms with Gasteiger partial charge in [0.15, 0.2) is 0 Å². The summed E-state index contributed by atoms with van der Waals surface area (Å²) in [6, 6.07) is 0.397. The maximum Gasteiger partial charge on any atom is 0.0774 e. The third kappa shape index (κ3) is 0.359. The van der Waals surface area contributed by atoms with Gasteiger partial charge in [-0.2, -0.15) is 0 Å². The molecule has 1 aliphatic heterocycles. The van der Waals surface area contributed by atoms with Crippen LogP contribution in [0.5, 0.6) is 0 Å². The molecular weight excluding hydrogens is 90.1 g/mol. The first kappa shape index (κ1) is 3.87. The Bertz CT molecular complexity index is 84.1. The third-order valence-electron chi connectivity index (χ3n) is 1.92. The molecule has 0 amide bonds. The largest absolute Gasteiger partial charge is 0.376 e. The molecule has 0 bridgehead atoms. The minimum absolute atomic E-state index is 0.397. The second-order valence-corrected chi connectivity index (χ2v) is 2.37. The second-order valence-electron chi connectivity index (χ2n) is 2.37. The van der Waals surface area contributed by atoms with E-state index in [1.165, 1.54) is 6.42 Å². The van der Waals surface area contributed by atoms with Gasteiger partial charge in [-0.15, -0.1) is 0 Å². The van der Waals surface area contributed by atoms with E-state index in [9.17, 15) is 0 Å². The number of rotatable bonds is 0. The molecule has 2 rings (SSSR count). The van der Waals surface area contributed by atoms with Gasteiger partial charge in [0.05, 0.1) is 6.10 Å². The van der Waals surface area contributed by atoms with Crippen LogP contribution < -0.4 is 5.73 Å². The Morgan fingerprint density at radius 3 is 2.71 bits per heavy atom. The molecule has 1 heterocycles. The third-order valence-corrected chi connectivity index (χ3v) is 1.92. The second kappa shape index (κ2) is 1.01. The molecule has 0 aromatic heterocycles. The molecule has 1 saturated heterocycles. The van der Waals surface area contributed by atoms with E-state index in [0.29, 0.717) is 12.1 Å². The van der Waals surface area contributed by atoms with Gasteiger partial charge in [0.1, 0.15) is 0 Å². The molecule has 7 heavy (non-hydrogen) atoms. The summed E-state index contributed by atoms with van der Waals surface area (Å²) >= 11 is 0. The fourth-order valence-corrected chi connectivity index (χ4v) is 1.30. The van der Waals surface area contributed by atoms with Crippen molar-refractivity contribution in [2.24, 2.45) is 11.7 Å². The van der Waals surface area contributed by atoms with E-state index >= 15 is 0 Å². The lowest BCUT2D eigenvalue weighted by molar-refractivity contribution is 0.150. The summed E-state index contributed by atoms with van der Waals surface area (Å²) in [5, 5.41) is 0. The van der Waals surface area contributed by atoms with Crippen LogP contribution in [0, 0.1) is 5.92 Å². The smallest absolute Gasteiger partial charge is 0.0774 e. The summed E-state index contributed by atoms with van der Waals surface area (Å²) in [7, 11) is 0. The highest BCUT2D eigenvalue weighted by molar-refractivity contribution is 5.05. The quantitative estimate of drug-likeness (QED) is 0.454. The maximum absolute atomic E-state index is 5.55. The van der Waals surface area contributed by atoms with Crippen LogP contribution >= 0.6 is 0 Å². The topological polar surface area (TPSA) is 35.2 Å². The summed E-state index contributed by atoms with van der Waals surface area (Å²) in [5.41, 5.74) is 5.55. The molecule has 0 aromatic carbocycles. The molecule has 2 heteroatoms. The van der Waals surface area contributed by atoms with E-state index in [2.05, 4.69) is 0 Å². The summed E-state index contributed by atoms with van der Waals surface area (Å²) < 4.78 is 5.21. The van der Waals surface area contributed by atoms with Crippen molar-refractivity contribution in [3.8, 4) is 0 Å². The Labute approximate surface area is 42.6 Å². The first-order chi connectivity index (χ1) is 3.39. The van der Waals surface area contributed by atoms with E-state index in [4.69, 9.17) is 10.5 Å². The Hall–Kier alpha value is -0.0800. The van der Waals surface area contributed by atoms with Crippen LogP contribution in [0.1, 0.15) is 6.42 Å². The lowest BCUT2D eigenvalue weighted by atomic mass is 10.3. The van der Waals surface area contributed by atoms with Crippen molar-refractivity contribution in [2.75, 3.05) is 6.61 Å². The predicted molar refractivity (Wildman–Crippen MR) is 25.8 cm³/mol. The van der Waals surface area contributed by atoms with E-state index in [1.54, 1.807) is 0 Å². The van der Waals surface area contributed by atoms with Crippen molar-refractivity contribution < 1.29 is 4.74 Å². The molecular formula is C5H9NO. The normalized spacial score (nSPS) is 57.0. The van der Waals surface area contributed by atoms with Gasteiger partial charge >= 0.3 is 0 Å². The fraction of sp³-hybridized carbons (Fsp3) is 1.00. The lowest BCUT2D eigenvalue weighted by Gasteiger charge is -1.93. The maximum atomic E-state index is 5.55. The number of ether oxygens (including phenoxy) is 1. The molecule has 2 N–H and O–H groups in total. The molecule has 2 nitrogen and oxygen atoms in total. The predicted octanol–water partition coefficient (Wildman–Crippen LogP) is -0.268. The van der Waals surface area contributed by atoms with Crippen LogP contribution in [-0.2, 0) is 4.74 Å². The molecule has 1 saturated carbocycles. The number of fused-ring (bicyclic) bond motifs is 1. The van der Waals surface area contributed by atoms with Crippen LogP contribution in [0.4, 0.5) is 0 Å². The van der Waals surface area contributed by atoms with Crippen molar-refractivity contribution >= 4 is 0 Å². The summed E-state index contributed by atoms with van der Waals surface area (Å²) in [6.45, 7) is 0.947. The number of hydrogen-bond acceptors (Lipinski definition) is 2. The first-order valence-corrected chi connectivity index (χ1v) is 2.77. The highest BCUT2D eigenvalue weighted by atomic mass is 16.5. The van der Waals surface area contributed by atoms with Gasteiger partial charge in [-0.3, -0.25) is 0 Å². The molecule has 0 aromatic rings. The van der Waals surface area contributed by atoms with Gasteiger partial charge in [-0.05, 0) is 6.42 Å². The summed E-state index contributed by atoms with van der Waals surface area (Å²) in [5.74, 6) is 0.736. The molecule has 40 valence electrons. The van der Waals surface area contributed by atoms with Gasteiger partial charge in [0, 0.05) is 18.6 Å². The highest BCUT2D eigenvalue weighted by Gasteiger charge is 2.52. The zero-order valence-electron chi connectivity index (χ0n) is 4.13. The lowest BCUT2D eigenvalue weighted by Crippen LogP contribution is -2.10. The zero-order chi connectivity index (χ0) is 4.85. The number of hydrogen-bond donors (Lipinski definition) is 1. The van der Waals surface area contributed by atoms with E-state index in [1.807, 2.05) is 0 Å². The fourth-order valence-electron chi connectivity index (χ4n) is 1.30. The van der Waals surface area contributed by atoms with Crippen molar-refractivity contribution in [3.63, 3.8) is 0 Å². The highest BCUT2D eigenvalue weighted by Crippen LogP contribution is 2.40. The summed E-state index contributed by atoms with van der Waals surface area (Å²) in [6.07, 6.45) is 1.66. The van der Waals surface area contributed by atoms with E-state index in [-0.39, 0.29) is 0 Å². The molecule has 0 spiro atoms. The van der Waals surface area contributed by atoms with Crippen molar-refractivity contribution in [2.45, 2.75) is 18.6 Å². The van der Waals surface area contributed by atoms with Crippen LogP contribution in [0.3, 0.4) is 0 Å². The van der Waals surface area contributed by atoms with Gasteiger partial charge in [0.2, 0.25) is 0 Å². The number of nitrogens with two attached hydrogens (primary N) is 1. The average Bonchev–Trinajstić information content (AvgIpc) is 2.26. The monoisotopic (exact) mass is 99.1 g/mol. The van der Waals surface area contributed by atoms with Crippen molar-refractivity contribution in [1.29, 1.82) is 0 Å². The van der Waals surface area contributed by atoms with Gasteiger partial charge in [-0.25, -0.2) is 0 Å². The Kier molecular flexibility index (Phi) is 0.557. The SMILES string of the molecule is N[C@H]1[C@@H]2CCO[C@@H]12. The standard InChI is InChI=1S/C5H9NO/c6-4-3-1-2-7-5(3)4/h3-5H,1-2,6H2/t3-,4-,5+/m0/s1. The average molecular weight is 99.1 g/mol. The van der Waals surface area contributed by atoms with Crippen LogP contribution in [0.15, 0.2) is 0 Å². The van der Waals surface area contributed by atoms with Crippen molar-refractivity contribution in [1.82, 2.24) is 0 Å². The molecule has 1 aliphatic carbocycles. The van der Waals surface area contributed by atoms with E-state index in [0.717, 1.165) is 12.5 Å². The Morgan fingerprint density at radius 2 is 2.43 bits per heavy atom. The summed E-state index contributed by atoms with van der Waals surface area (Å²) in [4.78, 5) is 0. The van der Waals surface area contributed by atoms with Crippen LogP contribution in [-0.4, -0.2) is 18.8 Å². The Morgan fingerprint density at radius 1 is 1.57 bits per heavy atom. The van der Waals surface area contributed by atoms with Gasteiger partial charge < -0.3 is 10.5 Å². The zero-order valence-corrected chi connectivity index (χ0v) is 4.13. The van der Waals surface area contributed by atoms with Crippen LogP contribution in [0.2, 0.25) is 0 Å². The molecule has 0 radical (unpaired) electrons. The minimum atomic E-state index is 0.397. The molecule has 3 atom stereocenters. The minimum Gasteiger partial charge on any atom is -0.376 e.